The molecule has 1 aromatic carbocycles. The van der Waals surface area contributed by atoms with Crippen LogP contribution in [0.15, 0.2) is 42.6 Å². The average Bonchev–Trinajstić information content (AvgIpc) is 3.39. The number of aromatic nitrogens is 1. The van der Waals surface area contributed by atoms with Crippen LogP contribution in [0, 0.1) is 17.7 Å². The maximum absolute atomic E-state index is 14.2. The van der Waals surface area contributed by atoms with E-state index in [4.69, 9.17) is 5.73 Å². The van der Waals surface area contributed by atoms with Crippen LogP contribution < -0.4 is 11.1 Å². The predicted octanol–water partition coefficient (Wildman–Crippen LogP) is 3.78. The molecule has 3 atom stereocenters. The number of nitrogens with zero attached hydrogens (tertiary/aromatic N) is 2. The molecule has 2 heterocycles. The third-order valence-corrected chi connectivity index (χ3v) is 8.08. The lowest BCUT2D eigenvalue weighted by Gasteiger charge is -2.43. The first-order valence-electron chi connectivity index (χ1n) is 12.8. The van der Waals surface area contributed by atoms with E-state index in [-0.39, 0.29) is 29.3 Å². The van der Waals surface area contributed by atoms with Crippen molar-refractivity contribution in [3.05, 3.63) is 65.2 Å². The summed E-state index contributed by atoms with van der Waals surface area (Å²) >= 11 is 0. The molecule has 8 heteroatoms. The first-order chi connectivity index (χ1) is 17.3. The number of nitrogens with one attached hydrogen (secondary N) is 1. The number of halogens is 1. The lowest BCUT2D eigenvalue weighted by atomic mass is 9.69. The Bertz CT molecular complexity index is 1120. The molecule has 2 aliphatic rings. The number of nitrogens with two attached hydrogens (primary N) is 1. The zero-order chi connectivity index (χ0) is 25.9. The molecule has 1 aliphatic heterocycles. The van der Waals surface area contributed by atoms with Crippen LogP contribution in [0.25, 0.3) is 0 Å². The van der Waals surface area contributed by atoms with Gasteiger partial charge in [-0.15, -0.1) is 0 Å². The summed E-state index contributed by atoms with van der Waals surface area (Å²) in [5, 5.41) is 3.08. The summed E-state index contributed by atoms with van der Waals surface area (Å²) in [6.45, 7) is 2.32. The van der Waals surface area contributed by atoms with Gasteiger partial charge in [0, 0.05) is 18.3 Å². The number of pyridine rings is 1. The fraction of sp³-hybridized carbons (Fsp3) is 0.500. The molecule has 4 rings (SSSR count). The number of hydrogen-bond acceptors (Lipinski definition) is 5. The van der Waals surface area contributed by atoms with E-state index in [1.807, 2.05) is 11.0 Å². The van der Waals surface area contributed by atoms with E-state index in [2.05, 4.69) is 10.3 Å². The van der Waals surface area contributed by atoms with Gasteiger partial charge < -0.3 is 16.0 Å². The Hall–Kier alpha value is -3.13. The smallest absolute Gasteiger partial charge is 0.238 e. The minimum Gasteiger partial charge on any atom is -0.368 e. The Morgan fingerprint density at radius 1 is 1.08 bits per heavy atom. The van der Waals surface area contributed by atoms with E-state index >= 15 is 0 Å². The molecule has 2 fully saturated rings. The zero-order valence-electron chi connectivity index (χ0n) is 21.0. The molecule has 0 bridgehead atoms. The third-order valence-electron chi connectivity index (χ3n) is 8.08. The summed E-state index contributed by atoms with van der Waals surface area (Å²) < 4.78 is 13.3. The monoisotopic (exact) mass is 494 g/mol. The molecule has 192 valence electrons. The summed E-state index contributed by atoms with van der Waals surface area (Å²) in [4.78, 5) is 45.9. The number of likely N-dealkylation sites (N-methyl/N-ethyl adjacent to an activating group) is 1. The molecule has 1 aliphatic carbocycles. The highest BCUT2D eigenvalue weighted by atomic mass is 19.1. The third kappa shape index (κ3) is 5.05. The van der Waals surface area contributed by atoms with Crippen LogP contribution in [0.5, 0.6) is 0 Å². The Labute approximate surface area is 211 Å². The van der Waals surface area contributed by atoms with Crippen molar-refractivity contribution in [1.29, 1.82) is 0 Å². The van der Waals surface area contributed by atoms with Gasteiger partial charge in [-0.1, -0.05) is 19.3 Å². The number of ketones is 1. The largest absolute Gasteiger partial charge is 0.368 e. The van der Waals surface area contributed by atoms with E-state index in [0.29, 0.717) is 12.1 Å². The Morgan fingerprint density at radius 2 is 1.78 bits per heavy atom. The molecule has 36 heavy (non-hydrogen) atoms. The lowest BCUT2D eigenvalue weighted by Crippen LogP contribution is -2.63. The summed E-state index contributed by atoms with van der Waals surface area (Å²) in [5.41, 5.74) is 6.12. The summed E-state index contributed by atoms with van der Waals surface area (Å²) in [5.74, 6) is -1.80. The first-order valence-corrected chi connectivity index (χ1v) is 12.8. The van der Waals surface area contributed by atoms with Crippen molar-refractivity contribution in [3.8, 4) is 0 Å². The molecule has 7 nitrogen and oxygen atoms in total. The van der Waals surface area contributed by atoms with Crippen molar-refractivity contribution in [2.24, 2.45) is 17.6 Å². The topological polar surface area (TPSA) is 105 Å². The number of amides is 2. The number of hydrogen-bond donors (Lipinski definition) is 2. The molecule has 2 amide bonds. The van der Waals surface area contributed by atoms with Crippen molar-refractivity contribution in [2.45, 2.75) is 63.5 Å². The SMILES string of the molecule is CNC(C)(C(N)=O)[C@@H](C(=O)N1CCC[C@H]1c1ccnc(C(=O)c2ccc(F)cc2)c1)C1CCCCC1. The maximum Gasteiger partial charge on any atom is 0.238 e. The highest BCUT2D eigenvalue weighted by Gasteiger charge is 2.50. The van der Waals surface area contributed by atoms with E-state index < -0.39 is 23.2 Å². The van der Waals surface area contributed by atoms with E-state index in [1.54, 1.807) is 26.2 Å². The van der Waals surface area contributed by atoms with Crippen molar-refractivity contribution in [3.63, 3.8) is 0 Å². The van der Waals surface area contributed by atoms with Gasteiger partial charge in [0.25, 0.3) is 0 Å². The number of carbonyl (C=O) groups is 3. The molecule has 1 saturated heterocycles. The number of benzene rings is 1. The molecule has 0 radical (unpaired) electrons. The highest BCUT2D eigenvalue weighted by molar-refractivity contribution is 6.07. The Kier molecular flexibility index (Phi) is 7.83. The second-order valence-corrected chi connectivity index (χ2v) is 10.2. The lowest BCUT2D eigenvalue weighted by molar-refractivity contribution is -0.147. The molecule has 1 saturated carbocycles. The van der Waals surface area contributed by atoms with Crippen LogP contribution in [0.4, 0.5) is 4.39 Å². The van der Waals surface area contributed by atoms with Crippen molar-refractivity contribution < 1.29 is 18.8 Å². The van der Waals surface area contributed by atoms with Gasteiger partial charge in [0.2, 0.25) is 17.6 Å². The zero-order valence-corrected chi connectivity index (χ0v) is 21.0. The van der Waals surface area contributed by atoms with Gasteiger partial charge in [-0.2, -0.15) is 0 Å². The van der Waals surface area contributed by atoms with Crippen LogP contribution in [-0.4, -0.2) is 46.6 Å². The van der Waals surface area contributed by atoms with E-state index in [1.165, 1.54) is 24.3 Å². The van der Waals surface area contributed by atoms with Crippen molar-refractivity contribution >= 4 is 17.6 Å². The Morgan fingerprint density at radius 3 is 2.42 bits per heavy atom. The molecule has 2 aromatic rings. The number of likely N-dealkylation sites (tertiary alicyclic amines) is 1. The Balaban J connectivity index is 1.64. The standard InChI is InChI=1S/C28H35FN4O3/c1-28(31-2,27(30)36)24(18-7-4-3-5-8-18)26(35)33-16-6-9-23(33)20-14-15-32-22(17-20)25(34)19-10-12-21(29)13-11-19/h10-15,17-18,23-24,31H,3-9,16H2,1-2H3,(H2,30,36)/t23-,24+,28?/m0/s1. The van der Waals surface area contributed by atoms with Crippen molar-refractivity contribution in [2.75, 3.05) is 13.6 Å². The van der Waals surface area contributed by atoms with Crippen LogP contribution in [0.2, 0.25) is 0 Å². The molecule has 3 N–H and O–H groups in total. The van der Waals surface area contributed by atoms with Crippen LogP contribution in [0.1, 0.15) is 79.5 Å². The molecular formula is C28H35FN4O3. The normalized spacial score (nSPS) is 21.1. The predicted molar refractivity (Wildman–Crippen MR) is 134 cm³/mol. The quantitative estimate of drug-likeness (QED) is 0.544. The number of rotatable bonds is 8. The van der Waals surface area contributed by atoms with Gasteiger partial charge in [-0.05, 0) is 87.5 Å². The number of primary amides is 1. The minimum absolute atomic E-state index is 0.0664. The van der Waals surface area contributed by atoms with E-state index in [0.717, 1.165) is 50.5 Å². The van der Waals surface area contributed by atoms with E-state index in [9.17, 15) is 18.8 Å². The number of carbonyl (C=O) groups excluding carboxylic acids is 3. The second kappa shape index (κ2) is 10.9. The molecule has 1 unspecified atom stereocenters. The summed E-state index contributed by atoms with van der Waals surface area (Å²) in [6.07, 6.45) is 8.15. The average molecular weight is 495 g/mol. The van der Waals surface area contributed by atoms with Gasteiger partial charge in [0.15, 0.2) is 0 Å². The van der Waals surface area contributed by atoms with Crippen LogP contribution in [0.3, 0.4) is 0 Å². The van der Waals surface area contributed by atoms with Crippen molar-refractivity contribution in [1.82, 2.24) is 15.2 Å². The fourth-order valence-electron chi connectivity index (χ4n) is 5.90. The van der Waals surface area contributed by atoms with Gasteiger partial charge in [0.05, 0.1) is 12.0 Å². The maximum atomic E-state index is 14.2. The second-order valence-electron chi connectivity index (χ2n) is 10.2. The highest BCUT2D eigenvalue weighted by Crippen LogP contribution is 2.41. The van der Waals surface area contributed by atoms with Gasteiger partial charge in [-0.3, -0.25) is 19.4 Å². The summed E-state index contributed by atoms with van der Waals surface area (Å²) in [7, 11) is 1.69. The van der Waals surface area contributed by atoms with Crippen LogP contribution in [-0.2, 0) is 9.59 Å². The van der Waals surface area contributed by atoms with Gasteiger partial charge in [-0.25, -0.2) is 4.39 Å². The van der Waals surface area contributed by atoms with Gasteiger partial charge in [0.1, 0.15) is 17.1 Å². The first kappa shape index (κ1) is 25.9. The molecular weight excluding hydrogens is 459 g/mol. The minimum atomic E-state index is -1.16. The molecule has 0 spiro atoms. The van der Waals surface area contributed by atoms with Gasteiger partial charge >= 0.3 is 0 Å². The molecule has 1 aromatic heterocycles. The van der Waals surface area contributed by atoms with Crippen LogP contribution >= 0.6 is 0 Å². The fourth-order valence-corrected chi connectivity index (χ4v) is 5.90. The summed E-state index contributed by atoms with van der Waals surface area (Å²) in [6, 6.07) is 8.71.